The SMILES string of the molecule is Cc1sc(CC(F)(F)F)nc1-c1ccccc1Br. The number of aromatic nitrogens is 1. The summed E-state index contributed by atoms with van der Waals surface area (Å²) in [7, 11) is 0. The molecule has 0 aliphatic rings. The Morgan fingerprint density at radius 1 is 1.28 bits per heavy atom. The summed E-state index contributed by atoms with van der Waals surface area (Å²) in [6.45, 7) is 1.78. The molecule has 0 spiro atoms. The number of alkyl halides is 3. The van der Waals surface area contributed by atoms with Gasteiger partial charge in [0.25, 0.3) is 0 Å². The summed E-state index contributed by atoms with van der Waals surface area (Å²) >= 11 is 4.47. The molecule has 1 aromatic heterocycles. The number of aryl methyl sites for hydroxylation is 1. The highest BCUT2D eigenvalue weighted by atomic mass is 79.9. The number of benzene rings is 1. The van der Waals surface area contributed by atoms with Crippen molar-refractivity contribution in [1.82, 2.24) is 4.98 Å². The Hall–Kier alpha value is -0.880. The molecule has 0 aliphatic carbocycles. The Kier molecular flexibility index (Phi) is 3.77. The lowest BCUT2D eigenvalue weighted by Crippen LogP contribution is -2.11. The zero-order chi connectivity index (χ0) is 13.3. The molecule has 1 heterocycles. The van der Waals surface area contributed by atoms with E-state index in [-0.39, 0.29) is 5.01 Å². The van der Waals surface area contributed by atoms with Crippen LogP contribution in [-0.4, -0.2) is 11.2 Å². The van der Waals surface area contributed by atoms with Crippen LogP contribution >= 0.6 is 27.3 Å². The van der Waals surface area contributed by atoms with Crippen molar-refractivity contribution < 1.29 is 13.2 Å². The number of halogens is 4. The van der Waals surface area contributed by atoms with Crippen molar-refractivity contribution >= 4 is 27.3 Å². The highest BCUT2D eigenvalue weighted by Gasteiger charge is 2.30. The molecular weight excluding hydrogens is 327 g/mol. The summed E-state index contributed by atoms with van der Waals surface area (Å²) in [5.74, 6) is 0. The third kappa shape index (κ3) is 3.11. The molecule has 96 valence electrons. The molecule has 0 bridgehead atoms. The molecule has 0 amide bonds. The predicted molar refractivity (Wildman–Crippen MR) is 69.7 cm³/mol. The fourth-order valence-electron chi connectivity index (χ4n) is 1.60. The zero-order valence-electron chi connectivity index (χ0n) is 9.38. The van der Waals surface area contributed by atoms with Crippen molar-refractivity contribution in [3.05, 3.63) is 38.6 Å². The molecule has 0 N–H and O–H groups in total. The molecule has 18 heavy (non-hydrogen) atoms. The van der Waals surface area contributed by atoms with E-state index in [2.05, 4.69) is 20.9 Å². The first-order chi connectivity index (χ1) is 8.37. The minimum atomic E-state index is -4.21. The van der Waals surface area contributed by atoms with Gasteiger partial charge in [-0.05, 0) is 13.0 Å². The summed E-state index contributed by atoms with van der Waals surface area (Å²) in [5.41, 5.74) is 1.44. The highest BCUT2D eigenvalue weighted by molar-refractivity contribution is 9.10. The standard InChI is InChI=1S/C12H9BrF3NS/c1-7-11(8-4-2-3-5-9(8)13)17-10(18-7)6-12(14,15)16/h2-5H,6H2,1H3. The number of rotatable bonds is 2. The molecule has 1 nitrogen and oxygen atoms in total. The minimum absolute atomic E-state index is 0.103. The van der Waals surface area contributed by atoms with Crippen LogP contribution in [0.2, 0.25) is 0 Å². The Bertz CT molecular complexity index is 563. The molecule has 2 rings (SSSR count). The second kappa shape index (κ2) is 5.01. The lowest BCUT2D eigenvalue weighted by molar-refractivity contribution is -0.127. The number of nitrogens with zero attached hydrogens (tertiary/aromatic N) is 1. The molecule has 0 aliphatic heterocycles. The molecule has 2 aromatic rings. The van der Waals surface area contributed by atoms with Crippen LogP contribution in [0.15, 0.2) is 28.7 Å². The topological polar surface area (TPSA) is 12.9 Å². The number of hydrogen-bond donors (Lipinski definition) is 0. The van der Waals surface area contributed by atoms with E-state index in [1.807, 2.05) is 24.3 Å². The molecule has 0 saturated heterocycles. The van der Waals surface area contributed by atoms with Gasteiger partial charge in [-0.1, -0.05) is 34.1 Å². The largest absolute Gasteiger partial charge is 0.395 e. The van der Waals surface area contributed by atoms with E-state index in [0.29, 0.717) is 5.69 Å². The summed E-state index contributed by atoms with van der Waals surface area (Å²) in [4.78, 5) is 4.89. The molecule has 0 radical (unpaired) electrons. The zero-order valence-corrected chi connectivity index (χ0v) is 11.8. The molecule has 1 aromatic carbocycles. The van der Waals surface area contributed by atoms with Crippen LogP contribution in [0.1, 0.15) is 9.88 Å². The first kappa shape index (κ1) is 13.5. The monoisotopic (exact) mass is 335 g/mol. The van der Waals surface area contributed by atoms with E-state index >= 15 is 0 Å². The van der Waals surface area contributed by atoms with Gasteiger partial charge in [0, 0.05) is 14.9 Å². The second-order valence-electron chi connectivity index (χ2n) is 3.78. The van der Waals surface area contributed by atoms with Crippen LogP contribution in [-0.2, 0) is 6.42 Å². The van der Waals surface area contributed by atoms with Crippen molar-refractivity contribution in [2.45, 2.75) is 19.5 Å². The Balaban J connectivity index is 2.39. The highest BCUT2D eigenvalue weighted by Crippen LogP contribution is 2.34. The van der Waals surface area contributed by atoms with Crippen LogP contribution in [0, 0.1) is 6.92 Å². The lowest BCUT2D eigenvalue weighted by atomic mass is 10.1. The Labute approximate surface area is 115 Å². The van der Waals surface area contributed by atoms with Crippen LogP contribution < -0.4 is 0 Å². The minimum Gasteiger partial charge on any atom is -0.241 e. The van der Waals surface area contributed by atoms with Gasteiger partial charge in [0.05, 0.1) is 12.1 Å². The average Bonchev–Trinajstić information content (AvgIpc) is 2.57. The molecule has 6 heteroatoms. The van der Waals surface area contributed by atoms with Gasteiger partial charge in [0.1, 0.15) is 5.01 Å². The molecule has 0 fully saturated rings. The molecular formula is C12H9BrF3NS. The van der Waals surface area contributed by atoms with Crippen molar-refractivity contribution in [2.24, 2.45) is 0 Å². The number of hydrogen-bond acceptors (Lipinski definition) is 2. The van der Waals surface area contributed by atoms with Crippen molar-refractivity contribution in [1.29, 1.82) is 0 Å². The maximum absolute atomic E-state index is 12.3. The number of thiazole rings is 1. The van der Waals surface area contributed by atoms with E-state index < -0.39 is 12.6 Å². The van der Waals surface area contributed by atoms with Crippen LogP contribution in [0.3, 0.4) is 0 Å². The summed E-state index contributed by atoms with van der Waals surface area (Å²) in [5, 5.41) is 0.103. The van der Waals surface area contributed by atoms with E-state index in [1.54, 1.807) is 6.92 Å². The van der Waals surface area contributed by atoms with Crippen LogP contribution in [0.25, 0.3) is 11.3 Å². The molecule has 0 atom stereocenters. The third-order valence-corrected chi connectivity index (χ3v) is 3.98. The van der Waals surface area contributed by atoms with Gasteiger partial charge in [0.2, 0.25) is 0 Å². The van der Waals surface area contributed by atoms with Gasteiger partial charge in [-0.25, -0.2) is 4.98 Å². The first-order valence-electron chi connectivity index (χ1n) is 5.15. The first-order valence-corrected chi connectivity index (χ1v) is 6.76. The van der Waals surface area contributed by atoms with Gasteiger partial charge in [-0.3, -0.25) is 0 Å². The Morgan fingerprint density at radius 2 is 1.94 bits per heavy atom. The maximum atomic E-state index is 12.3. The summed E-state index contributed by atoms with van der Waals surface area (Å²) < 4.78 is 37.8. The second-order valence-corrected chi connectivity index (χ2v) is 5.93. The van der Waals surface area contributed by atoms with Gasteiger partial charge in [-0.15, -0.1) is 11.3 Å². The van der Waals surface area contributed by atoms with Gasteiger partial charge in [0.15, 0.2) is 0 Å². The van der Waals surface area contributed by atoms with E-state index in [9.17, 15) is 13.2 Å². The predicted octanol–water partition coefficient (Wildman–Crippen LogP) is 4.99. The third-order valence-electron chi connectivity index (χ3n) is 2.32. The van der Waals surface area contributed by atoms with E-state index in [4.69, 9.17) is 0 Å². The van der Waals surface area contributed by atoms with Crippen molar-refractivity contribution in [3.63, 3.8) is 0 Å². The Morgan fingerprint density at radius 3 is 2.56 bits per heavy atom. The average molecular weight is 336 g/mol. The molecule has 0 saturated carbocycles. The molecule has 0 unspecified atom stereocenters. The van der Waals surface area contributed by atoms with E-state index in [1.165, 1.54) is 0 Å². The van der Waals surface area contributed by atoms with Crippen LogP contribution in [0.5, 0.6) is 0 Å². The lowest BCUT2D eigenvalue weighted by Gasteiger charge is -2.02. The van der Waals surface area contributed by atoms with E-state index in [0.717, 1.165) is 26.3 Å². The quantitative estimate of drug-likeness (QED) is 0.753. The van der Waals surface area contributed by atoms with Gasteiger partial charge in [-0.2, -0.15) is 13.2 Å². The van der Waals surface area contributed by atoms with Crippen molar-refractivity contribution in [2.75, 3.05) is 0 Å². The van der Waals surface area contributed by atoms with Gasteiger partial charge >= 0.3 is 6.18 Å². The normalized spacial score (nSPS) is 11.8. The van der Waals surface area contributed by atoms with Gasteiger partial charge < -0.3 is 0 Å². The van der Waals surface area contributed by atoms with Crippen molar-refractivity contribution in [3.8, 4) is 11.3 Å². The summed E-state index contributed by atoms with van der Waals surface area (Å²) in [6.07, 6.45) is -5.18. The van der Waals surface area contributed by atoms with Crippen LogP contribution in [0.4, 0.5) is 13.2 Å². The maximum Gasteiger partial charge on any atom is 0.395 e. The summed E-state index contributed by atoms with van der Waals surface area (Å²) in [6, 6.07) is 7.37. The fraction of sp³-hybridized carbons (Fsp3) is 0.250. The smallest absolute Gasteiger partial charge is 0.241 e. The fourth-order valence-corrected chi connectivity index (χ4v) is 3.05.